The van der Waals surface area contributed by atoms with Crippen LogP contribution in [0.2, 0.25) is 0 Å². The molecule has 2 aliphatic carbocycles. The number of fused-ring (bicyclic) bond motifs is 2. The molecule has 1 heterocycles. The summed E-state index contributed by atoms with van der Waals surface area (Å²) < 4.78 is 5.08. The molecule has 1 N–H and O–H groups in total. The standard InChI is InChI=1S/C12H18O3/c13-11-8-4-2-1-3-7(8)5-9-10(11)6-15-12(9)14/h7-11,13H,1-6H2. The van der Waals surface area contributed by atoms with Crippen LogP contribution in [0.5, 0.6) is 0 Å². The number of aliphatic hydroxyl groups is 1. The summed E-state index contributed by atoms with van der Waals surface area (Å²) >= 11 is 0. The van der Waals surface area contributed by atoms with Gasteiger partial charge in [-0.2, -0.15) is 0 Å². The molecular formula is C12H18O3. The summed E-state index contributed by atoms with van der Waals surface area (Å²) in [6.07, 6.45) is 5.51. The van der Waals surface area contributed by atoms with E-state index in [1.165, 1.54) is 19.3 Å². The van der Waals surface area contributed by atoms with Gasteiger partial charge in [-0.15, -0.1) is 0 Å². The second-order valence-corrected chi connectivity index (χ2v) is 5.34. The molecule has 3 rings (SSSR count). The predicted molar refractivity (Wildman–Crippen MR) is 54.0 cm³/mol. The van der Waals surface area contributed by atoms with Gasteiger partial charge in [-0.05, 0) is 24.7 Å². The highest BCUT2D eigenvalue weighted by Crippen LogP contribution is 2.47. The molecular weight excluding hydrogens is 192 g/mol. The normalized spacial score (nSPS) is 49.4. The quantitative estimate of drug-likeness (QED) is 0.614. The van der Waals surface area contributed by atoms with Crippen molar-refractivity contribution in [3.8, 4) is 0 Å². The van der Waals surface area contributed by atoms with E-state index in [2.05, 4.69) is 0 Å². The molecule has 0 spiro atoms. The lowest BCUT2D eigenvalue weighted by atomic mass is 9.62. The molecule has 1 saturated heterocycles. The van der Waals surface area contributed by atoms with E-state index in [-0.39, 0.29) is 23.9 Å². The summed E-state index contributed by atoms with van der Waals surface area (Å²) in [4.78, 5) is 11.5. The van der Waals surface area contributed by atoms with Crippen molar-refractivity contribution in [2.45, 2.75) is 38.2 Å². The summed E-state index contributed by atoms with van der Waals surface area (Å²) in [6, 6.07) is 0. The Morgan fingerprint density at radius 2 is 2.00 bits per heavy atom. The van der Waals surface area contributed by atoms with Crippen molar-refractivity contribution >= 4 is 5.97 Å². The molecule has 0 radical (unpaired) electrons. The van der Waals surface area contributed by atoms with Gasteiger partial charge in [0.2, 0.25) is 0 Å². The van der Waals surface area contributed by atoms with Crippen LogP contribution >= 0.6 is 0 Å². The van der Waals surface area contributed by atoms with Gasteiger partial charge in [0.25, 0.3) is 0 Å². The third kappa shape index (κ3) is 1.40. The first kappa shape index (κ1) is 9.64. The molecule has 3 aliphatic rings. The van der Waals surface area contributed by atoms with E-state index < -0.39 is 0 Å². The van der Waals surface area contributed by atoms with Gasteiger partial charge in [0.05, 0.1) is 18.6 Å². The molecule has 5 unspecified atom stereocenters. The van der Waals surface area contributed by atoms with Gasteiger partial charge in [0.1, 0.15) is 0 Å². The second-order valence-electron chi connectivity index (χ2n) is 5.34. The van der Waals surface area contributed by atoms with Crippen LogP contribution in [-0.2, 0) is 9.53 Å². The molecule has 84 valence electrons. The van der Waals surface area contributed by atoms with Gasteiger partial charge in [-0.25, -0.2) is 0 Å². The van der Waals surface area contributed by atoms with Crippen molar-refractivity contribution in [3.63, 3.8) is 0 Å². The SMILES string of the molecule is O=C1OCC2C1CC1CCCCC1C2O. The molecule has 0 amide bonds. The highest BCUT2D eigenvalue weighted by atomic mass is 16.5. The first-order valence-electron chi connectivity index (χ1n) is 6.12. The maximum atomic E-state index is 11.5. The van der Waals surface area contributed by atoms with Crippen LogP contribution in [0.4, 0.5) is 0 Å². The van der Waals surface area contributed by atoms with Crippen LogP contribution in [-0.4, -0.2) is 23.8 Å². The number of cyclic esters (lactones) is 1. The summed E-state index contributed by atoms with van der Waals surface area (Å²) in [5, 5.41) is 10.3. The van der Waals surface area contributed by atoms with Gasteiger partial charge in [0.15, 0.2) is 0 Å². The van der Waals surface area contributed by atoms with Crippen molar-refractivity contribution in [1.29, 1.82) is 0 Å². The van der Waals surface area contributed by atoms with E-state index in [1.54, 1.807) is 0 Å². The third-order valence-corrected chi connectivity index (χ3v) is 4.64. The van der Waals surface area contributed by atoms with E-state index in [1.807, 2.05) is 0 Å². The number of carbonyl (C=O) groups is 1. The van der Waals surface area contributed by atoms with Crippen molar-refractivity contribution < 1.29 is 14.6 Å². The molecule has 0 aromatic heterocycles. The number of hydrogen-bond acceptors (Lipinski definition) is 3. The van der Waals surface area contributed by atoms with E-state index >= 15 is 0 Å². The molecule has 1 aliphatic heterocycles. The highest BCUT2D eigenvalue weighted by molar-refractivity contribution is 5.75. The van der Waals surface area contributed by atoms with Crippen LogP contribution in [0.15, 0.2) is 0 Å². The topological polar surface area (TPSA) is 46.5 Å². The number of aliphatic hydroxyl groups excluding tert-OH is 1. The smallest absolute Gasteiger partial charge is 0.309 e. The van der Waals surface area contributed by atoms with Crippen LogP contribution in [0.25, 0.3) is 0 Å². The minimum Gasteiger partial charge on any atom is -0.465 e. The van der Waals surface area contributed by atoms with Gasteiger partial charge < -0.3 is 9.84 Å². The number of hydrogen-bond donors (Lipinski definition) is 1. The Morgan fingerprint density at radius 1 is 1.20 bits per heavy atom. The Kier molecular flexibility index (Phi) is 2.23. The number of esters is 1. The highest BCUT2D eigenvalue weighted by Gasteiger charge is 2.50. The second kappa shape index (κ2) is 3.48. The van der Waals surface area contributed by atoms with Crippen LogP contribution in [0, 0.1) is 23.7 Å². The van der Waals surface area contributed by atoms with Crippen molar-refractivity contribution in [2.75, 3.05) is 6.61 Å². The number of ether oxygens (including phenoxy) is 1. The first-order chi connectivity index (χ1) is 7.27. The summed E-state index contributed by atoms with van der Waals surface area (Å²) in [5.74, 6) is 1.04. The van der Waals surface area contributed by atoms with E-state index in [9.17, 15) is 9.90 Å². The molecule has 2 saturated carbocycles. The van der Waals surface area contributed by atoms with Crippen molar-refractivity contribution in [2.24, 2.45) is 23.7 Å². The fourth-order valence-corrected chi connectivity index (χ4v) is 3.81. The van der Waals surface area contributed by atoms with Gasteiger partial charge in [-0.3, -0.25) is 4.79 Å². The van der Waals surface area contributed by atoms with Gasteiger partial charge in [-0.1, -0.05) is 19.3 Å². The molecule has 0 aromatic rings. The lowest BCUT2D eigenvalue weighted by Crippen LogP contribution is -2.45. The van der Waals surface area contributed by atoms with Crippen LogP contribution < -0.4 is 0 Å². The average Bonchev–Trinajstić information content (AvgIpc) is 2.62. The minimum absolute atomic E-state index is 0.000602. The molecule has 3 nitrogen and oxygen atoms in total. The Hall–Kier alpha value is -0.570. The zero-order chi connectivity index (χ0) is 10.4. The molecule has 0 aromatic carbocycles. The fraction of sp³-hybridized carbons (Fsp3) is 0.917. The molecule has 15 heavy (non-hydrogen) atoms. The first-order valence-corrected chi connectivity index (χ1v) is 6.12. The lowest BCUT2D eigenvalue weighted by Gasteiger charge is -2.43. The molecule has 3 fully saturated rings. The molecule has 3 heteroatoms. The third-order valence-electron chi connectivity index (χ3n) is 4.64. The maximum Gasteiger partial charge on any atom is 0.309 e. The Labute approximate surface area is 89.8 Å². The van der Waals surface area contributed by atoms with E-state index in [0.29, 0.717) is 18.4 Å². The van der Waals surface area contributed by atoms with E-state index in [4.69, 9.17) is 4.74 Å². The predicted octanol–water partition coefficient (Wildman–Crippen LogP) is 1.35. The number of carbonyl (C=O) groups excluding carboxylic acids is 1. The minimum atomic E-state index is -0.291. The Balaban J connectivity index is 1.83. The maximum absolute atomic E-state index is 11.5. The van der Waals surface area contributed by atoms with Gasteiger partial charge in [0, 0.05) is 5.92 Å². The lowest BCUT2D eigenvalue weighted by molar-refractivity contribution is -0.143. The molecule has 5 atom stereocenters. The molecule has 0 bridgehead atoms. The average molecular weight is 210 g/mol. The zero-order valence-corrected chi connectivity index (χ0v) is 8.89. The van der Waals surface area contributed by atoms with Crippen LogP contribution in [0.1, 0.15) is 32.1 Å². The van der Waals surface area contributed by atoms with Crippen molar-refractivity contribution in [3.05, 3.63) is 0 Å². The summed E-state index contributed by atoms with van der Waals surface area (Å²) in [7, 11) is 0. The van der Waals surface area contributed by atoms with Gasteiger partial charge >= 0.3 is 5.97 Å². The monoisotopic (exact) mass is 210 g/mol. The summed E-state index contributed by atoms with van der Waals surface area (Å²) in [5.41, 5.74) is 0. The Morgan fingerprint density at radius 3 is 2.87 bits per heavy atom. The largest absolute Gasteiger partial charge is 0.465 e. The zero-order valence-electron chi connectivity index (χ0n) is 8.89. The van der Waals surface area contributed by atoms with E-state index in [0.717, 1.165) is 12.8 Å². The van der Waals surface area contributed by atoms with Crippen LogP contribution in [0.3, 0.4) is 0 Å². The fourth-order valence-electron chi connectivity index (χ4n) is 3.81. The van der Waals surface area contributed by atoms with Crippen molar-refractivity contribution in [1.82, 2.24) is 0 Å². The summed E-state index contributed by atoms with van der Waals surface area (Å²) in [6.45, 7) is 0.452. The Bertz CT molecular complexity index is 276. The number of rotatable bonds is 0.